The van der Waals surface area contributed by atoms with Crippen molar-refractivity contribution in [1.29, 1.82) is 0 Å². The summed E-state index contributed by atoms with van der Waals surface area (Å²) >= 11 is 5.85. The monoisotopic (exact) mass is 270 g/mol. The fourth-order valence-electron chi connectivity index (χ4n) is 1.27. The first-order chi connectivity index (χ1) is 8.49. The van der Waals surface area contributed by atoms with Crippen LogP contribution in [-0.2, 0) is 14.3 Å². The van der Waals surface area contributed by atoms with Crippen LogP contribution in [0.3, 0.4) is 0 Å². The highest BCUT2D eigenvalue weighted by Gasteiger charge is 2.19. The third-order valence-electron chi connectivity index (χ3n) is 2.21. The van der Waals surface area contributed by atoms with Gasteiger partial charge in [0, 0.05) is 5.56 Å². The standard InChI is InChI=1S/C12H11ClO5/c1-17-11-4-3-7(5-8(11)13)9(14)6-10(15)12(16)18-2/h3-5H,6H2,1-2H3. The molecule has 0 heterocycles. The second kappa shape index (κ2) is 6.16. The Bertz CT molecular complexity index is 495. The number of ketones is 2. The zero-order chi connectivity index (χ0) is 13.7. The van der Waals surface area contributed by atoms with Gasteiger partial charge in [-0.3, -0.25) is 9.59 Å². The quantitative estimate of drug-likeness (QED) is 0.352. The topological polar surface area (TPSA) is 69.7 Å². The van der Waals surface area contributed by atoms with Crippen LogP contribution in [0.25, 0.3) is 0 Å². The molecule has 5 nitrogen and oxygen atoms in total. The van der Waals surface area contributed by atoms with Crippen LogP contribution in [0.5, 0.6) is 5.75 Å². The van der Waals surface area contributed by atoms with Crippen molar-refractivity contribution in [3.63, 3.8) is 0 Å². The van der Waals surface area contributed by atoms with E-state index in [0.29, 0.717) is 5.75 Å². The molecule has 96 valence electrons. The summed E-state index contributed by atoms with van der Waals surface area (Å²) in [6.45, 7) is 0. The van der Waals surface area contributed by atoms with Crippen molar-refractivity contribution < 1.29 is 23.9 Å². The number of carbonyl (C=O) groups is 3. The van der Waals surface area contributed by atoms with Crippen LogP contribution in [0.15, 0.2) is 18.2 Å². The van der Waals surface area contributed by atoms with Gasteiger partial charge in [-0.15, -0.1) is 0 Å². The lowest BCUT2D eigenvalue weighted by molar-refractivity contribution is -0.151. The van der Waals surface area contributed by atoms with Gasteiger partial charge in [0.1, 0.15) is 5.75 Å². The Balaban J connectivity index is 2.82. The molecule has 0 fully saturated rings. The molecule has 0 amide bonds. The molecule has 0 aliphatic rings. The summed E-state index contributed by atoms with van der Waals surface area (Å²) in [5.74, 6) is -2.01. The van der Waals surface area contributed by atoms with Gasteiger partial charge in [-0.25, -0.2) is 4.79 Å². The predicted molar refractivity (Wildman–Crippen MR) is 64.0 cm³/mol. The van der Waals surface area contributed by atoms with Gasteiger partial charge >= 0.3 is 5.97 Å². The lowest BCUT2D eigenvalue weighted by Gasteiger charge is -2.05. The van der Waals surface area contributed by atoms with Crippen LogP contribution in [-0.4, -0.2) is 31.8 Å². The first-order valence-electron chi connectivity index (χ1n) is 4.97. The molecule has 0 N–H and O–H groups in total. The number of Topliss-reactive ketones (excluding diaryl/α,β-unsaturated/α-hetero) is 2. The molecule has 0 saturated carbocycles. The van der Waals surface area contributed by atoms with E-state index < -0.39 is 24.0 Å². The number of carbonyl (C=O) groups excluding carboxylic acids is 3. The van der Waals surface area contributed by atoms with E-state index in [9.17, 15) is 14.4 Å². The highest BCUT2D eigenvalue weighted by molar-refractivity contribution is 6.38. The van der Waals surface area contributed by atoms with E-state index in [1.165, 1.54) is 25.3 Å². The summed E-state index contributed by atoms with van der Waals surface area (Å²) in [5, 5.41) is 0.258. The van der Waals surface area contributed by atoms with E-state index in [1.807, 2.05) is 0 Å². The van der Waals surface area contributed by atoms with Gasteiger partial charge in [0.15, 0.2) is 5.78 Å². The number of esters is 1. The van der Waals surface area contributed by atoms with E-state index in [1.54, 1.807) is 0 Å². The SMILES string of the molecule is COC(=O)C(=O)CC(=O)c1ccc(OC)c(Cl)c1. The normalized spacial score (nSPS) is 9.72. The molecule has 0 radical (unpaired) electrons. The summed E-state index contributed by atoms with van der Waals surface area (Å²) in [5.41, 5.74) is 0.234. The lowest BCUT2D eigenvalue weighted by atomic mass is 10.1. The van der Waals surface area contributed by atoms with Crippen molar-refractivity contribution >= 4 is 29.1 Å². The number of hydrogen-bond donors (Lipinski definition) is 0. The minimum atomic E-state index is -1.04. The summed E-state index contributed by atoms with van der Waals surface area (Å²) < 4.78 is 9.15. The Kier molecular flexibility index (Phi) is 4.85. The van der Waals surface area contributed by atoms with E-state index in [2.05, 4.69) is 4.74 Å². The van der Waals surface area contributed by atoms with Crippen LogP contribution in [0.4, 0.5) is 0 Å². The van der Waals surface area contributed by atoms with Crippen molar-refractivity contribution in [3.8, 4) is 5.75 Å². The maximum Gasteiger partial charge on any atom is 0.374 e. The van der Waals surface area contributed by atoms with Crippen molar-refractivity contribution in [2.75, 3.05) is 14.2 Å². The highest BCUT2D eigenvalue weighted by atomic mass is 35.5. The number of rotatable bonds is 5. The molecule has 18 heavy (non-hydrogen) atoms. The summed E-state index contributed by atoms with van der Waals surface area (Å²) in [7, 11) is 2.53. The van der Waals surface area contributed by atoms with Crippen LogP contribution in [0.1, 0.15) is 16.8 Å². The molecule has 1 rings (SSSR count). The van der Waals surface area contributed by atoms with E-state index in [-0.39, 0.29) is 10.6 Å². The maximum absolute atomic E-state index is 11.7. The van der Waals surface area contributed by atoms with Gasteiger partial charge in [-0.1, -0.05) is 11.6 Å². The molecule has 0 atom stereocenters. The number of benzene rings is 1. The Morgan fingerprint density at radius 2 is 1.89 bits per heavy atom. The van der Waals surface area contributed by atoms with Crippen molar-refractivity contribution in [2.24, 2.45) is 0 Å². The third-order valence-corrected chi connectivity index (χ3v) is 2.50. The predicted octanol–water partition coefficient (Wildman–Crippen LogP) is 1.66. The maximum atomic E-state index is 11.7. The average molecular weight is 271 g/mol. The molecule has 0 unspecified atom stereocenters. The zero-order valence-electron chi connectivity index (χ0n) is 9.86. The molecule has 1 aromatic rings. The number of hydrogen-bond acceptors (Lipinski definition) is 5. The molecular weight excluding hydrogens is 260 g/mol. The van der Waals surface area contributed by atoms with Gasteiger partial charge in [0.2, 0.25) is 5.78 Å². The first kappa shape index (κ1) is 14.2. The van der Waals surface area contributed by atoms with Gasteiger partial charge < -0.3 is 9.47 Å². The molecule has 0 bridgehead atoms. The summed E-state index contributed by atoms with van der Waals surface area (Å²) in [6, 6.07) is 4.36. The van der Waals surface area contributed by atoms with Gasteiger partial charge in [-0.2, -0.15) is 0 Å². The Hall–Kier alpha value is -1.88. The summed E-state index contributed by atoms with van der Waals surface area (Å²) in [6.07, 6.45) is -0.546. The fraction of sp³-hybridized carbons (Fsp3) is 0.250. The lowest BCUT2D eigenvalue weighted by Crippen LogP contribution is -2.19. The van der Waals surface area contributed by atoms with Crippen LogP contribution in [0, 0.1) is 0 Å². The summed E-state index contributed by atoms with van der Waals surface area (Å²) in [4.78, 5) is 33.8. The third kappa shape index (κ3) is 3.30. The Morgan fingerprint density at radius 1 is 1.22 bits per heavy atom. The highest BCUT2D eigenvalue weighted by Crippen LogP contribution is 2.25. The molecule has 6 heteroatoms. The zero-order valence-corrected chi connectivity index (χ0v) is 10.6. The van der Waals surface area contributed by atoms with E-state index in [0.717, 1.165) is 7.11 Å². The minimum Gasteiger partial charge on any atom is -0.495 e. The largest absolute Gasteiger partial charge is 0.495 e. The molecule has 0 aliphatic carbocycles. The van der Waals surface area contributed by atoms with Crippen molar-refractivity contribution in [3.05, 3.63) is 28.8 Å². The minimum absolute atomic E-state index is 0.234. The fourth-order valence-corrected chi connectivity index (χ4v) is 1.53. The van der Waals surface area contributed by atoms with Crippen LogP contribution in [0.2, 0.25) is 5.02 Å². The van der Waals surface area contributed by atoms with Crippen molar-refractivity contribution in [2.45, 2.75) is 6.42 Å². The first-order valence-corrected chi connectivity index (χ1v) is 5.35. The van der Waals surface area contributed by atoms with Crippen LogP contribution < -0.4 is 4.74 Å². The van der Waals surface area contributed by atoms with Crippen LogP contribution >= 0.6 is 11.6 Å². The smallest absolute Gasteiger partial charge is 0.374 e. The van der Waals surface area contributed by atoms with E-state index >= 15 is 0 Å². The Morgan fingerprint density at radius 3 is 2.39 bits per heavy atom. The second-order valence-electron chi connectivity index (χ2n) is 3.36. The van der Waals surface area contributed by atoms with Crippen molar-refractivity contribution in [1.82, 2.24) is 0 Å². The second-order valence-corrected chi connectivity index (χ2v) is 3.77. The van der Waals surface area contributed by atoms with Gasteiger partial charge in [0.05, 0.1) is 25.7 Å². The molecule has 0 saturated heterocycles. The number of methoxy groups -OCH3 is 2. The molecule has 0 spiro atoms. The molecule has 1 aromatic carbocycles. The number of halogens is 1. The van der Waals surface area contributed by atoms with E-state index in [4.69, 9.17) is 16.3 Å². The Labute approximate surface area is 109 Å². The molecular formula is C12H11ClO5. The molecule has 0 aliphatic heterocycles. The average Bonchev–Trinajstić information content (AvgIpc) is 2.37. The molecule has 0 aromatic heterocycles. The van der Waals surface area contributed by atoms with Gasteiger partial charge in [-0.05, 0) is 18.2 Å². The number of ether oxygens (including phenoxy) is 2. The van der Waals surface area contributed by atoms with Gasteiger partial charge in [0.25, 0.3) is 0 Å².